The van der Waals surface area contributed by atoms with Crippen LogP contribution in [-0.4, -0.2) is 18.6 Å². The van der Waals surface area contributed by atoms with Gasteiger partial charge in [0.1, 0.15) is 6.04 Å². The van der Waals surface area contributed by atoms with Gasteiger partial charge in [0, 0.05) is 0 Å². The zero-order valence-corrected chi connectivity index (χ0v) is 9.87. The molecule has 1 fully saturated rings. The molecule has 15 heavy (non-hydrogen) atoms. The van der Waals surface area contributed by atoms with Gasteiger partial charge in [0.15, 0.2) is 0 Å². The quantitative estimate of drug-likeness (QED) is 0.687. The SMILES string of the molecule is CCC(C)[C@H](N)C(=O)OCCC1CCC1. The first-order valence-corrected chi connectivity index (χ1v) is 6.07. The summed E-state index contributed by atoms with van der Waals surface area (Å²) in [7, 11) is 0. The first-order valence-electron chi connectivity index (χ1n) is 6.07. The Hall–Kier alpha value is -0.570. The summed E-state index contributed by atoms with van der Waals surface area (Å²) in [5, 5.41) is 0. The third-order valence-electron chi connectivity index (χ3n) is 3.52. The van der Waals surface area contributed by atoms with E-state index in [1.165, 1.54) is 19.3 Å². The van der Waals surface area contributed by atoms with Gasteiger partial charge in [-0.2, -0.15) is 0 Å². The maximum absolute atomic E-state index is 11.5. The van der Waals surface area contributed by atoms with E-state index in [1.54, 1.807) is 0 Å². The Kier molecular flexibility index (Phi) is 5.09. The molecule has 0 heterocycles. The summed E-state index contributed by atoms with van der Waals surface area (Å²) in [5.74, 6) is 0.766. The average molecular weight is 213 g/mol. The summed E-state index contributed by atoms with van der Waals surface area (Å²) < 4.78 is 5.17. The number of ether oxygens (including phenoxy) is 1. The lowest BCUT2D eigenvalue weighted by Gasteiger charge is -2.25. The topological polar surface area (TPSA) is 52.3 Å². The first-order chi connectivity index (χ1) is 7.15. The third kappa shape index (κ3) is 3.82. The fraction of sp³-hybridized carbons (Fsp3) is 0.917. The monoisotopic (exact) mass is 213 g/mol. The van der Waals surface area contributed by atoms with Crippen molar-refractivity contribution in [2.24, 2.45) is 17.6 Å². The van der Waals surface area contributed by atoms with E-state index in [0.29, 0.717) is 6.61 Å². The largest absolute Gasteiger partial charge is 0.465 e. The van der Waals surface area contributed by atoms with Crippen LogP contribution in [-0.2, 0) is 9.53 Å². The Balaban J connectivity index is 2.11. The smallest absolute Gasteiger partial charge is 0.323 e. The van der Waals surface area contributed by atoms with Gasteiger partial charge in [0.2, 0.25) is 0 Å². The molecule has 0 aromatic carbocycles. The lowest BCUT2D eigenvalue weighted by atomic mass is 9.83. The standard InChI is InChI=1S/C12H23NO2/c1-3-9(2)11(13)12(14)15-8-7-10-5-4-6-10/h9-11H,3-8,13H2,1-2H3/t9?,11-/m0/s1. The van der Waals surface area contributed by atoms with Crippen LogP contribution in [0.25, 0.3) is 0 Å². The van der Waals surface area contributed by atoms with Crippen LogP contribution in [0.15, 0.2) is 0 Å². The molecule has 1 saturated carbocycles. The van der Waals surface area contributed by atoms with Gasteiger partial charge in [0.25, 0.3) is 0 Å². The number of hydrogen-bond donors (Lipinski definition) is 1. The lowest BCUT2D eigenvalue weighted by Crippen LogP contribution is -2.38. The summed E-state index contributed by atoms with van der Waals surface area (Å²) >= 11 is 0. The van der Waals surface area contributed by atoms with Crippen molar-refractivity contribution in [3.8, 4) is 0 Å². The summed E-state index contributed by atoms with van der Waals surface area (Å²) in [6, 6.07) is -0.448. The van der Waals surface area contributed by atoms with E-state index in [0.717, 1.165) is 18.8 Å². The van der Waals surface area contributed by atoms with Crippen LogP contribution >= 0.6 is 0 Å². The summed E-state index contributed by atoms with van der Waals surface area (Å²) in [5.41, 5.74) is 5.76. The predicted octanol–water partition coefficient (Wildman–Crippen LogP) is 2.09. The average Bonchev–Trinajstić information content (AvgIpc) is 2.19. The third-order valence-corrected chi connectivity index (χ3v) is 3.52. The van der Waals surface area contributed by atoms with E-state index in [-0.39, 0.29) is 11.9 Å². The highest BCUT2D eigenvalue weighted by atomic mass is 16.5. The molecule has 0 aromatic rings. The van der Waals surface area contributed by atoms with Crippen LogP contribution < -0.4 is 5.73 Å². The molecule has 88 valence electrons. The van der Waals surface area contributed by atoms with Crippen molar-refractivity contribution in [3.63, 3.8) is 0 Å². The molecular weight excluding hydrogens is 190 g/mol. The number of carbonyl (C=O) groups is 1. The minimum Gasteiger partial charge on any atom is -0.465 e. The van der Waals surface area contributed by atoms with E-state index >= 15 is 0 Å². The lowest BCUT2D eigenvalue weighted by molar-refractivity contribution is -0.147. The highest BCUT2D eigenvalue weighted by Gasteiger charge is 2.22. The van der Waals surface area contributed by atoms with Crippen LogP contribution in [0, 0.1) is 11.8 Å². The fourth-order valence-corrected chi connectivity index (χ4v) is 1.69. The van der Waals surface area contributed by atoms with E-state index in [4.69, 9.17) is 10.5 Å². The molecule has 1 unspecified atom stereocenters. The fourth-order valence-electron chi connectivity index (χ4n) is 1.69. The normalized spacial score (nSPS) is 20.5. The van der Waals surface area contributed by atoms with E-state index in [2.05, 4.69) is 0 Å². The number of carbonyl (C=O) groups excluding carboxylic acids is 1. The Morgan fingerprint density at radius 2 is 2.20 bits per heavy atom. The Morgan fingerprint density at radius 1 is 1.53 bits per heavy atom. The van der Waals surface area contributed by atoms with Crippen molar-refractivity contribution >= 4 is 5.97 Å². The van der Waals surface area contributed by atoms with Gasteiger partial charge in [-0.3, -0.25) is 4.79 Å². The molecule has 0 amide bonds. The van der Waals surface area contributed by atoms with Gasteiger partial charge in [-0.05, 0) is 18.3 Å². The van der Waals surface area contributed by atoms with Gasteiger partial charge in [0.05, 0.1) is 6.61 Å². The van der Waals surface area contributed by atoms with Crippen molar-refractivity contribution in [2.75, 3.05) is 6.61 Å². The van der Waals surface area contributed by atoms with Crippen molar-refractivity contribution < 1.29 is 9.53 Å². The molecule has 3 heteroatoms. The molecule has 0 saturated heterocycles. The molecule has 2 atom stereocenters. The van der Waals surface area contributed by atoms with Crippen molar-refractivity contribution in [3.05, 3.63) is 0 Å². The molecule has 1 aliphatic rings. The zero-order valence-electron chi connectivity index (χ0n) is 9.87. The highest BCUT2D eigenvalue weighted by Crippen LogP contribution is 2.29. The minimum absolute atomic E-state index is 0.209. The molecule has 0 radical (unpaired) electrons. The second-order valence-corrected chi connectivity index (χ2v) is 4.66. The second-order valence-electron chi connectivity index (χ2n) is 4.66. The van der Waals surface area contributed by atoms with Gasteiger partial charge in [-0.1, -0.05) is 39.5 Å². The molecule has 0 bridgehead atoms. The van der Waals surface area contributed by atoms with E-state index < -0.39 is 6.04 Å². The van der Waals surface area contributed by atoms with E-state index in [9.17, 15) is 4.79 Å². The van der Waals surface area contributed by atoms with Crippen LogP contribution in [0.1, 0.15) is 46.0 Å². The highest BCUT2D eigenvalue weighted by molar-refractivity contribution is 5.75. The molecule has 1 rings (SSSR count). The molecule has 1 aliphatic carbocycles. The number of hydrogen-bond acceptors (Lipinski definition) is 3. The predicted molar refractivity (Wildman–Crippen MR) is 60.3 cm³/mol. The summed E-state index contributed by atoms with van der Waals surface area (Å²) in [4.78, 5) is 11.5. The Labute approximate surface area is 92.4 Å². The number of nitrogens with two attached hydrogens (primary N) is 1. The van der Waals surface area contributed by atoms with E-state index in [1.807, 2.05) is 13.8 Å². The molecule has 3 nitrogen and oxygen atoms in total. The molecular formula is C12H23NO2. The Bertz CT molecular complexity index is 202. The number of esters is 1. The molecule has 0 aliphatic heterocycles. The van der Waals surface area contributed by atoms with Crippen LogP contribution in [0.4, 0.5) is 0 Å². The van der Waals surface area contributed by atoms with Gasteiger partial charge in [-0.25, -0.2) is 0 Å². The maximum atomic E-state index is 11.5. The van der Waals surface area contributed by atoms with Crippen LogP contribution in [0.2, 0.25) is 0 Å². The number of rotatable bonds is 6. The zero-order chi connectivity index (χ0) is 11.3. The molecule has 0 spiro atoms. The summed E-state index contributed by atoms with van der Waals surface area (Å²) in [6.07, 6.45) is 5.87. The van der Waals surface area contributed by atoms with Gasteiger partial charge in [-0.15, -0.1) is 0 Å². The van der Waals surface area contributed by atoms with Crippen LogP contribution in [0.5, 0.6) is 0 Å². The second kappa shape index (κ2) is 6.11. The van der Waals surface area contributed by atoms with Gasteiger partial charge < -0.3 is 10.5 Å². The Morgan fingerprint density at radius 3 is 2.67 bits per heavy atom. The van der Waals surface area contributed by atoms with Crippen LogP contribution in [0.3, 0.4) is 0 Å². The molecule has 2 N–H and O–H groups in total. The minimum atomic E-state index is -0.448. The first kappa shape index (κ1) is 12.5. The maximum Gasteiger partial charge on any atom is 0.323 e. The van der Waals surface area contributed by atoms with Gasteiger partial charge >= 0.3 is 5.97 Å². The van der Waals surface area contributed by atoms with Crippen molar-refractivity contribution in [1.82, 2.24) is 0 Å². The van der Waals surface area contributed by atoms with Crippen molar-refractivity contribution in [1.29, 1.82) is 0 Å². The molecule has 0 aromatic heterocycles. The summed E-state index contributed by atoms with van der Waals surface area (Å²) in [6.45, 7) is 4.57. The van der Waals surface area contributed by atoms with Crippen molar-refractivity contribution in [2.45, 2.75) is 52.0 Å².